The smallest absolute Gasteiger partial charge is 0.406 e. The summed E-state index contributed by atoms with van der Waals surface area (Å²) in [6.07, 6.45) is -2.32. The first-order valence-electron chi connectivity index (χ1n) is 4.54. The van der Waals surface area contributed by atoms with Crippen molar-refractivity contribution in [2.75, 3.05) is 0 Å². The predicted molar refractivity (Wildman–Crippen MR) is 57.2 cm³/mol. The van der Waals surface area contributed by atoms with Crippen LogP contribution in [0.25, 0.3) is 0 Å². The van der Waals surface area contributed by atoms with Gasteiger partial charge in [0.2, 0.25) is 0 Å². The SMILES string of the molecule is C=C(C#CC(C)C)/C=C\C(=C)OC(F)(F)F. The summed E-state index contributed by atoms with van der Waals surface area (Å²) in [5.41, 5.74) is 0.403. The third-order valence-corrected chi connectivity index (χ3v) is 1.24. The second-order valence-electron chi connectivity index (χ2n) is 3.30. The third kappa shape index (κ3) is 8.95. The fourth-order valence-electron chi connectivity index (χ4n) is 0.655. The lowest BCUT2D eigenvalue weighted by atomic mass is 10.2. The molecule has 0 aliphatic rings. The summed E-state index contributed by atoms with van der Waals surface area (Å²) in [5, 5.41) is 0. The Hall–Kier alpha value is -1.63. The quantitative estimate of drug-likeness (QED) is 0.407. The molecule has 0 amide bonds. The van der Waals surface area contributed by atoms with Crippen molar-refractivity contribution in [2.24, 2.45) is 5.92 Å². The summed E-state index contributed by atoms with van der Waals surface area (Å²) in [6, 6.07) is 0. The summed E-state index contributed by atoms with van der Waals surface area (Å²) in [7, 11) is 0. The van der Waals surface area contributed by atoms with E-state index >= 15 is 0 Å². The Bertz CT molecular complexity index is 351. The molecule has 0 bridgehead atoms. The average molecular weight is 230 g/mol. The molecule has 16 heavy (non-hydrogen) atoms. The van der Waals surface area contributed by atoms with Crippen LogP contribution in [0.5, 0.6) is 0 Å². The first kappa shape index (κ1) is 14.4. The number of hydrogen-bond donors (Lipinski definition) is 0. The summed E-state index contributed by atoms with van der Waals surface area (Å²) >= 11 is 0. The van der Waals surface area contributed by atoms with Gasteiger partial charge in [-0.3, -0.25) is 0 Å². The summed E-state index contributed by atoms with van der Waals surface area (Å²) in [4.78, 5) is 0. The predicted octanol–water partition coefficient (Wildman–Crippen LogP) is 3.81. The van der Waals surface area contributed by atoms with Crippen molar-refractivity contribution in [3.8, 4) is 11.8 Å². The molecule has 0 atom stereocenters. The largest absolute Gasteiger partial charge is 0.573 e. The normalized spacial score (nSPS) is 11.1. The van der Waals surface area contributed by atoms with Gasteiger partial charge in [-0.05, 0) is 12.2 Å². The van der Waals surface area contributed by atoms with Crippen LogP contribution in [0.2, 0.25) is 0 Å². The number of hydrogen-bond acceptors (Lipinski definition) is 1. The number of allylic oxidation sites excluding steroid dienone is 3. The summed E-state index contributed by atoms with van der Waals surface area (Å²) < 4.78 is 38.7. The van der Waals surface area contributed by atoms with Gasteiger partial charge in [-0.15, -0.1) is 13.2 Å². The Labute approximate surface area is 93.3 Å². The van der Waals surface area contributed by atoms with Crippen molar-refractivity contribution in [3.05, 3.63) is 36.6 Å². The van der Waals surface area contributed by atoms with Crippen LogP contribution in [0.1, 0.15) is 13.8 Å². The van der Waals surface area contributed by atoms with E-state index in [1.54, 1.807) is 0 Å². The second-order valence-corrected chi connectivity index (χ2v) is 3.30. The number of alkyl halides is 3. The van der Waals surface area contributed by atoms with Crippen molar-refractivity contribution < 1.29 is 17.9 Å². The Morgan fingerprint density at radius 3 is 2.25 bits per heavy atom. The minimum absolute atomic E-state index is 0.180. The second kappa shape index (κ2) is 6.06. The van der Waals surface area contributed by atoms with Gasteiger partial charge < -0.3 is 4.74 Å². The van der Waals surface area contributed by atoms with Crippen LogP contribution < -0.4 is 0 Å². The lowest BCUT2D eigenvalue weighted by Gasteiger charge is -2.07. The molecule has 0 aromatic heterocycles. The van der Waals surface area contributed by atoms with Gasteiger partial charge in [0.25, 0.3) is 0 Å². The molecule has 0 saturated carbocycles. The van der Waals surface area contributed by atoms with Crippen LogP contribution in [-0.2, 0) is 4.74 Å². The van der Waals surface area contributed by atoms with Crippen molar-refractivity contribution in [2.45, 2.75) is 20.2 Å². The van der Waals surface area contributed by atoms with Gasteiger partial charge in [0.1, 0.15) is 5.76 Å². The molecule has 0 rings (SSSR count). The maximum atomic E-state index is 11.7. The summed E-state index contributed by atoms with van der Waals surface area (Å²) in [6.45, 7) is 10.4. The van der Waals surface area contributed by atoms with Gasteiger partial charge in [-0.1, -0.05) is 38.8 Å². The van der Waals surface area contributed by atoms with Crippen molar-refractivity contribution >= 4 is 0 Å². The van der Waals surface area contributed by atoms with E-state index in [1.165, 1.54) is 6.08 Å². The van der Waals surface area contributed by atoms with Crippen LogP contribution in [0.4, 0.5) is 13.2 Å². The van der Waals surface area contributed by atoms with Crippen LogP contribution in [-0.4, -0.2) is 6.36 Å². The van der Waals surface area contributed by atoms with E-state index in [4.69, 9.17) is 0 Å². The highest BCUT2D eigenvalue weighted by molar-refractivity contribution is 5.37. The van der Waals surface area contributed by atoms with E-state index in [0.29, 0.717) is 5.57 Å². The Morgan fingerprint density at radius 1 is 1.25 bits per heavy atom. The monoisotopic (exact) mass is 230 g/mol. The standard InChI is InChI=1S/C12H13F3O/c1-9(2)5-6-10(3)7-8-11(4)16-12(13,14)15/h7-9H,3-4H2,1-2H3/b8-7-. The Morgan fingerprint density at radius 2 is 1.81 bits per heavy atom. The maximum Gasteiger partial charge on any atom is 0.573 e. The molecule has 0 radical (unpaired) electrons. The third-order valence-electron chi connectivity index (χ3n) is 1.24. The molecule has 0 unspecified atom stereocenters. The summed E-state index contributed by atoms with van der Waals surface area (Å²) in [5.74, 6) is 5.20. The lowest BCUT2D eigenvalue weighted by Crippen LogP contribution is -2.11. The first-order valence-corrected chi connectivity index (χ1v) is 4.54. The average Bonchev–Trinajstić information content (AvgIpc) is 2.08. The zero-order chi connectivity index (χ0) is 12.8. The van der Waals surface area contributed by atoms with E-state index in [2.05, 4.69) is 29.7 Å². The van der Waals surface area contributed by atoms with E-state index < -0.39 is 12.1 Å². The number of ether oxygens (including phenoxy) is 1. The topological polar surface area (TPSA) is 9.23 Å². The molecule has 0 saturated heterocycles. The molecule has 0 fully saturated rings. The molecule has 4 heteroatoms. The van der Waals surface area contributed by atoms with Gasteiger partial charge in [-0.25, -0.2) is 0 Å². The highest BCUT2D eigenvalue weighted by Crippen LogP contribution is 2.20. The number of rotatable bonds is 3. The van der Waals surface area contributed by atoms with Gasteiger partial charge in [0.05, 0.1) is 0 Å². The first-order chi connectivity index (χ1) is 7.20. The molecule has 0 aliphatic carbocycles. The van der Waals surface area contributed by atoms with Crippen molar-refractivity contribution in [1.29, 1.82) is 0 Å². The zero-order valence-electron chi connectivity index (χ0n) is 9.19. The zero-order valence-corrected chi connectivity index (χ0v) is 9.19. The molecule has 1 nitrogen and oxygen atoms in total. The van der Waals surface area contributed by atoms with Gasteiger partial charge >= 0.3 is 6.36 Å². The lowest BCUT2D eigenvalue weighted by molar-refractivity contribution is -0.303. The van der Waals surface area contributed by atoms with E-state index in [1.807, 2.05) is 13.8 Å². The van der Waals surface area contributed by atoms with E-state index in [9.17, 15) is 13.2 Å². The van der Waals surface area contributed by atoms with Crippen LogP contribution in [0.15, 0.2) is 36.6 Å². The maximum absolute atomic E-state index is 11.7. The molecule has 88 valence electrons. The molecule has 0 heterocycles. The van der Waals surface area contributed by atoms with Crippen LogP contribution in [0.3, 0.4) is 0 Å². The molecular formula is C12H13F3O. The molecular weight excluding hydrogens is 217 g/mol. The van der Waals surface area contributed by atoms with Crippen molar-refractivity contribution in [3.63, 3.8) is 0 Å². The van der Waals surface area contributed by atoms with E-state index in [-0.39, 0.29) is 5.92 Å². The minimum atomic E-state index is -4.72. The van der Waals surface area contributed by atoms with Crippen molar-refractivity contribution in [1.82, 2.24) is 0 Å². The molecule has 0 N–H and O–H groups in total. The van der Waals surface area contributed by atoms with Gasteiger partial charge in [0.15, 0.2) is 0 Å². The fraction of sp³-hybridized carbons (Fsp3) is 0.333. The number of halogens is 3. The van der Waals surface area contributed by atoms with Crippen LogP contribution in [0, 0.1) is 17.8 Å². The highest BCUT2D eigenvalue weighted by Gasteiger charge is 2.30. The molecule has 0 aliphatic heterocycles. The Kier molecular flexibility index (Phi) is 5.44. The molecule has 0 aromatic carbocycles. The van der Waals surface area contributed by atoms with Gasteiger partial charge in [0, 0.05) is 11.5 Å². The van der Waals surface area contributed by atoms with E-state index in [0.717, 1.165) is 6.08 Å². The van der Waals surface area contributed by atoms with Crippen LogP contribution >= 0.6 is 0 Å². The molecule has 0 spiro atoms. The van der Waals surface area contributed by atoms with Gasteiger partial charge in [-0.2, -0.15) is 0 Å². The Balaban J connectivity index is 4.26. The minimum Gasteiger partial charge on any atom is -0.406 e. The highest BCUT2D eigenvalue weighted by atomic mass is 19.4. The molecule has 0 aromatic rings. The fourth-order valence-corrected chi connectivity index (χ4v) is 0.655.